The first kappa shape index (κ1) is 19.7. The minimum atomic E-state index is -3.69. The van der Waals surface area contributed by atoms with Gasteiger partial charge in [0.15, 0.2) is 17.3 Å². The van der Waals surface area contributed by atoms with E-state index in [0.717, 1.165) is 0 Å². The zero-order valence-electron chi connectivity index (χ0n) is 15.7. The molecular formula is C19H20N2O6S. The number of nitrogens with zero attached hydrogens (tertiary/aromatic N) is 2. The Balaban J connectivity index is 1.63. The molecule has 1 heterocycles. The first-order valence-electron chi connectivity index (χ1n) is 8.42. The molecule has 0 fully saturated rings. The molecule has 2 aromatic carbocycles. The quantitative estimate of drug-likeness (QED) is 0.679. The van der Waals surface area contributed by atoms with Gasteiger partial charge in [0.1, 0.15) is 11.5 Å². The van der Waals surface area contributed by atoms with Crippen LogP contribution < -0.4 is 9.47 Å². The number of esters is 1. The van der Waals surface area contributed by atoms with Gasteiger partial charge in [0.25, 0.3) is 10.0 Å². The summed E-state index contributed by atoms with van der Waals surface area (Å²) in [5.74, 6) is 0.752. The molecule has 2 aromatic rings. The fourth-order valence-corrected chi connectivity index (χ4v) is 4.04. The maximum atomic E-state index is 12.3. The highest BCUT2D eigenvalue weighted by Crippen LogP contribution is 2.28. The van der Waals surface area contributed by atoms with Gasteiger partial charge in [-0.3, -0.25) is 0 Å². The molecule has 0 unspecified atom stereocenters. The van der Waals surface area contributed by atoms with Gasteiger partial charge in [0.2, 0.25) is 0 Å². The van der Waals surface area contributed by atoms with Crippen molar-refractivity contribution in [2.24, 2.45) is 4.40 Å². The third kappa shape index (κ3) is 3.79. The van der Waals surface area contributed by atoms with Gasteiger partial charge in [-0.15, -0.1) is 4.40 Å². The fourth-order valence-electron chi connectivity index (χ4n) is 2.79. The minimum absolute atomic E-state index is 0.0604. The molecule has 0 amide bonds. The summed E-state index contributed by atoms with van der Waals surface area (Å²) in [6.45, 7) is 0.340. The van der Waals surface area contributed by atoms with Crippen LogP contribution in [0.5, 0.6) is 11.5 Å². The molecule has 1 aliphatic rings. The van der Waals surface area contributed by atoms with Crippen LogP contribution in [0.15, 0.2) is 51.8 Å². The average Bonchev–Trinajstić information content (AvgIpc) is 2.98. The van der Waals surface area contributed by atoms with Crippen molar-refractivity contribution >= 4 is 21.8 Å². The average molecular weight is 404 g/mol. The van der Waals surface area contributed by atoms with E-state index in [9.17, 15) is 13.2 Å². The molecule has 148 valence electrons. The minimum Gasteiger partial charge on any atom is -0.493 e. The van der Waals surface area contributed by atoms with E-state index in [4.69, 9.17) is 14.2 Å². The summed E-state index contributed by atoms with van der Waals surface area (Å²) in [6.07, 6.45) is 0. The van der Waals surface area contributed by atoms with Gasteiger partial charge >= 0.3 is 5.97 Å². The molecule has 0 saturated carbocycles. The smallest absolute Gasteiger partial charge is 0.338 e. The van der Waals surface area contributed by atoms with E-state index in [1.54, 1.807) is 42.3 Å². The predicted octanol–water partition coefficient (Wildman–Crippen LogP) is 1.94. The Hall–Kier alpha value is -3.07. The summed E-state index contributed by atoms with van der Waals surface area (Å²) < 4.78 is 43.7. The van der Waals surface area contributed by atoms with Crippen LogP contribution in [0.1, 0.15) is 15.9 Å². The van der Waals surface area contributed by atoms with E-state index in [-0.39, 0.29) is 18.0 Å². The molecule has 1 aliphatic heterocycles. The van der Waals surface area contributed by atoms with Crippen LogP contribution in [-0.4, -0.2) is 59.5 Å². The van der Waals surface area contributed by atoms with E-state index in [1.165, 1.54) is 26.4 Å². The van der Waals surface area contributed by atoms with Crippen molar-refractivity contribution in [1.82, 2.24) is 4.90 Å². The highest BCUT2D eigenvalue weighted by Gasteiger charge is 2.30. The normalized spacial score (nSPS) is 14.0. The number of benzene rings is 2. The lowest BCUT2D eigenvalue weighted by Gasteiger charge is -2.18. The maximum Gasteiger partial charge on any atom is 0.338 e. The number of sulfonamides is 1. The summed E-state index contributed by atoms with van der Waals surface area (Å²) >= 11 is 0. The number of hydrogen-bond donors (Lipinski definition) is 0. The molecule has 0 aromatic heterocycles. The topological polar surface area (TPSA) is 94.5 Å². The molecule has 3 rings (SSSR count). The Morgan fingerprint density at radius 1 is 1.07 bits per heavy atom. The molecule has 28 heavy (non-hydrogen) atoms. The summed E-state index contributed by atoms with van der Waals surface area (Å²) in [7, 11) is 1.00. The summed E-state index contributed by atoms with van der Waals surface area (Å²) in [5.41, 5.74) is 0.864. The van der Waals surface area contributed by atoms with E-state index < -0.39 is 16.0 Å². The molecule has 0 radical (unpaired) electrons. The van der Waals surface area contributed by atoms with Crippen LogP contribution in [0.3, 0.4) is 0 Å². The first-order valence-corrected chi connectivity index (χ1v) is 9.86. The summed E-state index contributed by atoms with van der Waals surface area (Å²) in [6, 6.07) is 11.4. The van der Waals surface area contributed by atoms with Gasteiger partial charge in [-0.05, 0) is 30.3 Å². The van der Waals surface area contributed by atoms with Crippen LogP contribution in [0.2, 0.25) is 0 Å². The monoisotopic (exact) mass is 404 g/mol. The molecule has 0 atom stereocenters. The number of carbonyl (C=O) groups excluding carboxylic acids is 1. The van der Waals surface area contributed by atoms with E-state index in [1.807, 2.05) is 0 Å². The van der Waals surface area contributed by atoms with Crippen LogP contribution in [0, 0.1) is 0 Å². The number of ether oxygens (including phenoxy) is 3. The number of carbonyl (C=O) groups is 1. The Morgan fingerprint density at radius 2 is 1.79 bits per heavy atom. The fraction of sp³-hybridized carbons (Fsp3) is 0.263. The molecule has 0 saturated heterocycles. The zero-order valence-corrected chi connectivity index (χ0v) is 16.5. The highest BCUT2D eigenvalue weighted by molar-refractivity contribution is 7.90. The molecule has 8 nitrogen and oxygen atoms in total. The molecule has 0 aliphatic carbocycles. The van der Waals surface area contributed by atoms with Gasteiger partial charge in [0.05, 0.1) is 26.3 Å². The molecular weight excluding hydrogens is 384 g/mol. The standard InChI is InChI=1S/C19H20N2O6S/c1-21(18-14-6-4-5-7-17(14)28(23,24)20-18)10-11-27-19(22)13-8-9-15(25-2)16(12-13)26-3/h4-9,12H,10-11H2,1-3H3. The Kier molecular flexibility index (Phi) is 5.55. The largest absolute Gasteiger partial charge is 0.493 e. The highest BCUT2D eigenvalue weighted by atomic mass is 32.2. The van der Waals surface area contributed by atoms with Crippen molar-refractivity contribution in [3.63, 3.8) is 0 Å². The summed E-state index contributed by atoms with van der Waals surface area (Å²) in [5, 5.41) is 0. The number of rotatable bonds is 6. The number of hydrogen-bond acceptors (Lipinski definition) is 7. The van der Waals surface area contributed by atoms with Crippen molar-refractivity contribution < 1.29 is 27.4 Å². The summed E-state index contributed by atoms with van der Waals surface area (Å²) in [4.78, 5) is 14.1. The van der Waals surface area contributed by atoms with E-state index >= 15 is 0 Å². The third-order valence-electron chi connectivity index (χ3n) is 4.25. The zero-order chi connectivity index (χ0) is 20.3. The Morgan fingerprint density at radius 3 is 2.50 bits per heavy atom. The second-order valence-corrected chi connectivity index (χ2v) is 7.59. The van der Waals surface area contributed by atoms with Crippen molar-refractivity contribution in [2.75, 3.05) is 34.4 Å². The number of fused-ring (bicyclic) bond motifs is 1. The van der Waals surface area contributed by atoms with Crippen molar-refractivity contribution in [2.45, 2.75) is 4.90 Å². The van der Waals surface area contributed by atoms with Gasteiger partial charge < -0.3 is 19.1 Å². The van der Waals surface area contributed by atoms with Crippen LogP contribution in [0.25, 0.3) is 0 Å². The molecule has 9 heteroatoms. The van der Waals surface area contributed by atoms with Gasteiger partial charge in [-0.2, -0.15) is 8.42 Å². The lowest BCUT2D eigenvalue weighted by atomic mass is 10.2. The second kappa shape index (κ2) is 7.89. The van der Waals surface area contributed by atoms with E-state index in [0.29, 0.717) is 28.5 Å². The van der Waals surface area contributed by atoms with E-state index in [2.05, 4.69) is 4.40 Å². The molecule has 0 N–H and O–H groups in total. The van der Waals surface area contributed by atoms with Crippen LogP contribution in [-0.2, 0) is 14.8 Å². The van der Waals surface area contributed by atoms with Crippen LogP contribution >= 0.6 is 0 Å². The van der Waals surface area contributed by atoms with Gasteiger partial charge in [0, 0.05) is 12.6 Å². The Bertz CT molecular complexity index is 1030. The molecule has 0 spiro atoms. The van der Waals surface area contributed by atoms with Crippen molar-refractivity contribution in [3.05, 3.63) is 53.6 Å². The second-order valence-electron chi connectivity index (χ2n) is 6.01. The maximum absolute atomic E-state index is 12.3. The lowest BCUT2D eigenvalue weighted by molar-refractivity contribution is 0.0491. The predicted molar refractivity (Wildman–Crippen MR) is 103 cm³/mol. The first-order chi connectivity index (χ1) is 13.4. The number of amidine groups is 1. The molecule has 0 bridgehead atoms. The SMILES string of the molecule is COc1ccc(C(=O)OCCN(C)C2=NS(=O)(=O)c3ccccc32)cc1OC. The van der Waals surface area contributed by atoms with Crippen molar-refractivity contribution in [1.29, 1.82) is 0 Å². The third-order valence-corrected chi connectivity index (χ3v) is 5.58. The van der Waals surface area contributed by atoms with Gasteiger partial charge in [-0.25, -0.2) is 4.79 Å². The van der Waals surface area contributed by atoms with Crippen molar-refractivity contribution in [3.8, 4) is 11.5 Å². The van der Waals surface area contributed by atoms with Gasteiger partial charge in [-0.1, -0.05) is 12.1 Å². The lowest BCUT2D eigenvalue weighted by Crippen LogP contribution is -2.30. The Labute approximate surface area is 163 Å². The number of likely N-dealkylation sites (N-methyl/N-ethyl adjacent to an activating group) is 1. The van der Waals surface area contributed by atoms with Crippen LogP contribution in [0.4, 0.5) is 0 Å². The number of methoxy groups -OCH3 is 2.